The number of halogens is 1. The van der Waals surface area contributed by atoms with E-state index in [0.717, 1.165) is 6.07 Å². The Balaban J connectivity index is 2.54. The lowest BCUT2D eigenvalue weighted by Gasteiger charge is -2.08. The number of benzene rings is 1. The summed E-state index contributed by atoms with van der Waals surface area (Å²) in [6.07, 6.45) is 1.67. The number of non-ortho nitro benzene ring substituents is 1. The van der Waals surface area contributed by atoms with Crippen LogP contribution in [0.2, 0.25) is 0 Å². The highest BCUT2D eigenvalue weighted by atomic mass is 19.1. The Morgan fingerprint density at radius 3 is 2.81 bits per heavy atom. The molecule has 0 aliphatic carbocycles. The van der Waals surface area contributed by atoms with Crippen molar-refractivity contribution in [2.75, 3.05) is 0 Å². The second-order valence-electron chi connectivity index (χ2n) is 5.33. The number of nitro benzene ring substituents is 1. The predicted molar refractivity (Wildman–Crippen MR) is 76.5 cm³/mol. The third-order valence-corrected chi connectivity index (χ3v) is 3.13. The Morgan fingerprint density at radius 1 is 1.48 bits per heavy atom. The van der Waals surface area contributed by atoms with E-state index in [-0.39, 0.29) is 40.3 Å². The SMILES string of the molecule is CC(C)CC(=O)Cc1c(F)cc([N+](=O)[O-])c2cccnc12. The number of hydrogen-bond acceptors (Lipinski definition) is 4. The molecule has 5 nitrogen and oxygen atoms in total. The van der Waals surface area contributed by atoms with E-state index in [1.807, 2.05) is 13.8 Å². The maximum atomic E-state index is 14.1. The van der Waals surface area contributed by atoms with E-state index in [1.54, 1.807) is 6.07 Å². The van der Waals surface area contributed by atoms with Crippen molar-refractivity contribution in [3.8, 4) is 0 Å². The molecule has 0 fully saturated rings. The van der Waals surface area contributed by atoms with Gasteiger partial charge in [-0.3, -0.25) is 19.9 Å². The summed E-state index contributed by atoms with van der Waals surface area (Å²) >= 11 is 0. The van der Waals surface area contributed by atoms with Crippen LogP contribution in [0.5, 0.6) is 0 Å². The molecule has 0 saturated carbocycles. The van der Waals surface area contributed by atoms with E-state index in [9.17, 15) is 19.3 Å². The second kappa shape index (κ2) is 5.95. The highest BCUT2D eigenvalue weighted by Gasteiger charge is 2.21. The average molecular weight is 290 g/mol. The van der Waals surface area contributed by atoms with Crippen LogP contribution in [-0.4, -0.2) is 15.7 Å². The molecule has 0 aliphatic rings. The van der Waals surface area contributed by atoms with E-state index >= 15 is 0 Å². The fraction of sp³-hybridized carbons (Fsp3) is 0.333. The Morgan fingerprint density at radius 2 is 2.19 bits per heavy atom. The number of nitrogens with zero attached hydrogens (tertiary/aromatic N) is 2. The summed E-state index contributed by atoms with van der Waals surface area (Å²) in [5, 5.41) is 11.2. The molecule has 6 heteroatoms. The molecule has 1 aromatic carbocycles. The van der Waals surface area contributed by atoms with Crippen molar-refractivity contribution < 1.29 is 14.1 Å². The van der Waals surface area contributed by atoms with Crippen LogP contribution in [0.3, 0.4) is 0 Å². The number of carbonyl (C=O) groups excluding carboxylic acids is 1. The van der Waals surface area contributed by atoms with Gasteiger partial charge in [0.05, 0.1) is 21.9 Å². The number of rotatable bonds is 5. The quantitative estimate of drug-likeness (QED) is 0.624. The molecule has 0 N–H and O–H groups in total. The predicted octanol–water partition coefficient (Wildman–Crippen LogP) is 3.44. The van der Waals surface area contributed by atoms with E-state index < -0.39 is 10.7 Å². The summed E-state index contributed by atoms with van der Waals surface area (Å²) in [5.41, 5.74) is -0.0289. The first-order chi connectivity index (χ1) is 9.90. The number of aromatic nitrogens is 1. The van der Waals surface area contributed by atoms with Crippen LogP contribution < -0.4 is 0 Å². The van der Waals surface area contributed by atoms with Crippen molar-refractivity contribution in [1.82, 2.24) is 4.98 Å². The lowest BCUT2D eigenvalue weighted by Crippen LogP contribution is -2.09. The minimum atomic E-state index is -0.759. The van der Waals surface area contributed by atoms with E-state index in [0.29, 0.717) is 6.42 Å². The molecular weight excluding hydrogens is 275 g/mol. The van der Waals surface area contributed by atoms with Crippen LogP contribution >= 0.6 is 0 Å². The van der Waals surface area contributed by atoms with Crippen LogP contribution in [-0.2, 0) is 11.2 Å². The number of fused-ring (bicyclic) bond motifs is 1. The third-order valence-electron chi connectivity index (χ3n) is 3.13. The monoisotopic (exact) mass is 290 g/mol. The van der Waals surface area contributed by atoms with E-state index in [4.69, 9.17) is 0 Å². The van der Waals surface area contributed by atoms with Crippen LogP contribution in [0.15, 0.2) is 24.4 Å². The van der Waals surface area contributed by atoms with Gasteiger partial charge in [-0.2, -0.15) is 0 Å². The zero-order valence-electron chi connectivity index (χ0n) is 11.8. The molecule has 0 unspecified atom stereocenters. The summed E-state index contributed by atoms with van der Waals surface area (Å²) in [6.45, 7) is 3.81. The van der Waals surface area contributed by atoms with Crippen LogP contribution in [0.25, 0.3) is 10.9 Å². The van der Waals surface area contributed by atoms with Gasteiger partial charge in [-0.05, 0) is 18.1 Å². The fourth-order valence-electron chi connectivity index (χ4n) is 2.29. The third kappa shape index (κ3) is 3.21. The topological polar surface area (TPSA) is 73.1 Å². The molecule has 1 heterocycles. The van der Waals surface area contributed by atoms with Crippen molar-refractivity contribution in [2.24, 2.45) is 5.92 Å². The molecule has 0 aliphatic heterocycles. The molecule has 0 spiro atoms. The lowest BCUT2D eigenvalue weighted by molar-refractivity contribution is -0.383. The van der Waals surface area contributed by atoms with Crippen LogP contribution in [0.4, 0.5) is 10.1 Å². The first kappa shape index (κ1) is 15.0. The van der Waals surface area contributed by atoms with E-state index in [1.165, 1.54) is 12.3 Å². The van der Waals surface area contributed by atoms with Gasteiger partial charge in [0, 0.05) is 24.6 Å². The van der Waals surface area contributed by atoms with Crippen molar-refractivity contribution in [3.63, 3.8) is 0 Å². The first-order valence-corrected chi connectivity index (χ1v) is 6.62. The summed E-state index contributed by atoms with van der Waals surface area (Å²) in [6, 6.07) is 3.92. The van der Waals surface area contributed by atoms with Gasteiger partial charge in [-0.1, -0.05) is 13.8 Å². The molecule has 1 aromatic heterocycles. The van der Waals surface area contributed by atoms with Gasteiger partial charge in [0.15, 0.2) is 0 Å². The van der Waals surface area contributed by atoms with Gasteiger partial charge in [-0.15, -0.1) is 0 Å². The Labute approximate surface area is 121 Å². The number of Topliss-reactive ketones (excluding diaryl/α,β-unsaturated/α-hetero) is 1. The van der Waals surface area contributed by atoms with Gasteiger partial charge in [0.2, 0.25) is 0 Å². The van der Waals surface area contributed by atoms with Crippen molar-refractivity contribution in [2.45, 2.75) is 26.7 Å². The van der Waals surface area contributed by atoms with Crippen LogP contribution in [0, 0.1) is 21.8 Å². The molecule has 21 heavy (non-hydrogen) atoms. The summed E-state index contributed by atoms with van der Waals surface area (Å²) in [7, 11) is 0. The van der Waals surface area contributed by atoms with Gasteiger partial charge < -0.3 is 0 Å². The molecular formula is C15H15FN2O3. The number of nitro groups is 1. The van der Waals surface area contributed by atoms with Gasteiger partial charge >= 0.3 is 0 Å². The van der Waals surface area contributed by atoms with Crippen LogP contribution in [0.1, 0.15) is 25.8 Å². The largest absolute Gasteiger partial charge is 0.299 e. The first-order valence-electron chi connectivity index (χ1n) is 6.62. The van der Waals surface area contributed by atoms with E-state index in [2.05, 4.69) is 4.98 Å². The standard InChI is InChI=1S/C15H15FN2O3/c1-9(2)6-10(19)7-12-13(16)8-14(18(20)21)11-4-3-5-17-15(11)12/h3-5,8-9H,6-7H2,1-2H3. The molecule has 2 aromatic rings. The zero-order chi connectivity index (χ0) is 15.6. The second-order valence-corrected chi connectivity index (χ2v) is 5.33. The van der Waals surface area contributed by atoms with Crippen molar-refractivity contribution in [1.29, 1.82) is 0 Å². The minimum absolute atomic E-state index is 0.102. The maximum absolute atomic E-state index is 14.1. The molecule has 0 radical (unpaired) electrons. The normalized spacial score (nSPS) is 11.0. The molecule has 0 saturated heterocycles. The minimum Gasteiger partial charge on any atom is -0.299 e. The molecule has 2 rings (SSSR count). The van der Waals surface area contributed by atoms with Gasteiger partial charge in [0.25, 0.3) is 5.69 Å². The summed E-state index contributed by atoms with van der Waals surface area (Å²) in [4.78, 5) is 26.3. The number of pyridine rings is 1. The molecule has 0 bridgehead atoms. The smallest absolute Gasteiger partial charge is 0.281 e. The molecule has 0 amide bonds. The zero-order valence-corrected chi connectivity index (χ0v) is 11.8. The highest BCUT2D eigenvalue weighted by Crippen LogP contribution is 2.29. The number of carbonyl (C=O) groups is 1. The summed E-state index contributed by atoms with van der Waals surface area (Å²) in [5.74, 6) is -0.687. The number of hydrogen-bond donors (Lipinski definition) is 0. The molecule has 0 atom stereocenters. The highest BCUT2D eigenvalue weighted by molar-refractivity contribution is 5.93. The molecule has 110 valence electrons. The fourth-order valence-corrected chi connectivity index (χ4v) is 2.29. The maximum Gasteiger partial charge on any atom is 0.281 e. The Bertz CT molecular complexity index is 713. The number of ketones is 1. The average Bonchev–Trinajstić information content (AvgIpc) is 2.40. The van der Waals surface area contributed by atoms with Crippen molar-refractivity contribution in [3.05, 3.63) is 45.9 Å². The van der Waals surface area contributed by atoms with Gasteiger partial charge in [-0.25, -0.2) is 4.39 Å². The Kier molecular flexibility index (Phi) is 4.26. The summed E-state index contributed by atoms with van der Waals surface area (Å²) < 4.78 is 14.1. The lowest BCUT2D eigenvalue weighted by atomic mass is 9.98. The Hall–Kier alpha value is -2.37. The van der Waals surface area contributed by atoms with Gasteiger partial charge in [0.1, 0.15) is 11.6 Å². The van der Waals surface area contributed by atoms with Crippen molar-refractivity contribution >= 4 is 22.4 Å².